The van der Waals surface area contributed by atoms with Crippen LogP contribution < -0.4 is 10.9 Å². The van der Waals surface area contributed by atoms with Gasteiger partial charge in [-0.15, -0.1) is 0 Å². The molecule has 1 aromatic carbocycles. The molecular formula is C20H26N4O3. The van der Waals surface area contributed by atoms with Crippen molar-refractivity contribution in [3.63, 3.8) is 0 Å². The molecule has 7 heteroatoms. The van der Waals surface area contributed by atoms with Gasteiger partial charge in [-0.3, -0.25) is 14.5 Å². The Morgan fingerprint density at radius 1 is 1.15 bits per heavy atom. The van der Waals surface area contributed by atoms with Crippen molar-refractivity contribution in [1.82, 2.24) is 20.0 Å². The Morgan fingerprint density at radius 3 is 2.52 bits per heavy atom. The number of nitrogens with one attached hydrogen (secondary N) is 1. The maximum atomic E-state index is 12.6. The summed E-state index contributed by atoms with van der Waals surface area (Å²) in [6, 6.07) is 12.2. The molecule has 0 aliphatic carbocycles. The van der Waals surface area contributed by atoms with Gasteiger partial charge in [-0.1, -0.05) is 32.0 Å². The van der Waals surface area contributed by atoms with Crippen molar-refractivity contribution in [3.8, 4) is 5.69 Å². The molecule has 1 fully saturated rings. The average Bonchev–Trinajstić information content (AvgIpc) is 2.69. The SMILES string of the molecule is CC(C)C(CNC(=O)c1ccc(=O)n(-c2ccccc2)n1)N1CCOCC1. The molecule has 2 aromatic rings. The molecule has 2 heterocycles. The van der Waals surface area contributed by atoms with E-state index in [1.165, 1.54) is 16.8 Å². The highest BCUT2D eigenvalue weighted by Gasteiger charge is 2.24. The van der Waals surface area contributed by atoms with Crippen LogP contribution in [0.1, 0.15) is 24.3 Å². The topological polar surface area (TPSA) is 76.5 Å². The number of nitrogens with zero attached hydrogens (tertiary/aromatic N) is 3. The van der Waals surface area contributed by atoms with E-state index in [-0.39, 0.29) is 23.2 Å². The van der Waals surface area contributed by atoms with Gasteiger partial charge >= 0.3 is 0 Å². The van der Waals surface area contributed by atoms with Crippen LogP contribution in [0.5, 0.6) is 0 Å². The molecule has 1 amide bonds. The van der Waals surface area contributed by atoms with Crippen LogP contribution in [0.4, 0.5) is 0 Å². The van der Waals surface area contributed by atoms with Gasteiger partial charge in [0.05, 0.1) is 18.9 Å². The predicted molar refractivity (Wildman–Crippen MR) is 103 cm³/mol. The highest BCUT2D eigenvalue weighted by molar-refractivity contribution is 5.92. The number of amides is 1. The Morgan fingerprint density at radius 2 is 1.85 bits per heavy atom. The number of hydrogen-bond acceptors (Lipinski definition) is 5. The van der Waals surface area contributed by atoms with E-state index in [1.807, 2.05) is 18.2 Å². The second kappa shape index (κ2) is 8.92. The molecule has 1 saturated heterocycles. The van der Waals surface area contributed by atoms with Gasteiger partial charge in [0.1, 0.15) is 5.69 Å². The zero-order valence-electron chi connectivity index (χ0n) is 15.8. The van der Waals surface area contributed by atoms with Crippen molar-refractivity contribution in [2.45, 2.75) is 19.9 Å². The third-order valence-corrected chi connectivity index (χ3v) is 4.79. The van der Waals surface area contributed by atoms with Gasteiger partial charge in [-0.2, -0.15) is 9.78 Å². The van der Waals surface area contributed by atoms with Crippen LogP contribution in [0.15, 0.2) is 47.3 Å². The van der Waals surface area contributed by atoms with E-state index in [4.69, 9.17) is 4.74 Å². The standard InChI is InChI=1S/C20H26N4O3/c1-15(2)18(23-10-12-27-13-11-23)14-21-20(26)17-8-9-19(25)24(22-17)16-6-4-3-5-7-16/h3-9,15,18H,10-14H2,1-2H3,(H,21,26). The number of rotatable bonds is 6. The van der Waals surface area contributed by atoms with E-state index in [0.29, 0.717) is 18.2 Å². The largest absolute Gasteiger partial charge is 0.379 e. The number of para-hydroxylation sites is 1. The number of hydrogen-bond donors (Lipinski definition) is 1. The Labute approximate surface area is 158 Å². The first-order chi connectivity index (χ1) is 13.1. The number of carbonyl (C=O) groups excluding carboxylic acids is 1. The molecule has 1 aliphatic rings. The summed E-state index contributed by atoms with van der Waals surface area (Å²) >= 11 is 0. The van der Waals surface area contributed by atoms with Crippen LogP contribution in [-0.2, 0) is 4.74 Å². The van der Waals surface area contributed by atoms with Crippen LogP contribution in [0.3, 0.4) is 0 Å². The molecule has 144 valence electrons. The molecule has 1 aromatic heterocycles. The van der Waals surface area contributed by atoms with Crippen molar-refractivity contribution < 1.29 is 9.53 Å². The third kappa shape index (κ3) is 4.81. The van der Waals surface area contributed by atoms with Crippen LogP contribution in [-0.4, -0.2) is 59.5 Å². The lowest BCUT2D eigenvalue weighted by molar-refractivity contribution is 0.00671. The van der Waals surface area contributed by atoms with Crippen molar-refractivity contribution in [3.05, 3.63) is 58.5 Å². The summed E-state index contributed by atoms with van der Waals surface area (Å²) in [5, 5.41) is 7.21. The fourth-order valence-corrected chi connectivity index (χ4v) is 3.27. The summed E-state index contributed by atoms with van der Waals surface area (Å²) in [7, 11) is 0. The van der Waals surface area contributed by atoms with Gasteiger partial charge in [0.25, 0.3) is 11.5 Å². The first kappa shape index (κ1) is 19.3. The quantitative estimate of drug-likeness (QED) is 0.830. The minimum atomic E-state index is -0.279. The number of ether oxygens (including phenoxy) is 1. The first-order valence-electron chi connectivity index (χ1n) is 9.32. The second-order valence-corrected chi connectivity index (χ2v) is 6.97. The molecule has 0 saturated carbocycles. The summed E-state index contributed by atoms with van der Waals surface area (Å²) in [4.78, 5) is 27.1. The van der Waals surface area contributed by atoms with Crippen LogP contribution in [0.25, 0.3) is 5.69 Å². The summed E-state index contributed by atoms with van der Waals surface area (Å²) in [5.74, 6) is 0.119. The Bertz CT molecular complexity index is 813. The summed E-state index contributed by atoms with van der Waals surface area (Å²) in [5.41, 5.74) is 0.583. The van der Waals surface area contributed by atoms with Crippen molar-refractivity contribution in [1.29, 1.82) is 0 Å². The molecule has 0 spiro atoms. The van der Waals surface area contributed by atoms with E-state index in [0.717, 1.165) is 26.3 Å². The van der Waals surface area contributed by atoms with E-state index in [9.17, 15) is 9.59 Å². The first-order valence-corrected chi connectivity index (χ1v) is 9.32. The van der Waals surface area contributed by atoms with E-state index in [2.05, 4.69) is 29.2 Å². The minimum Gasteiger partial charge on any atom is -0.379 e. The van der Waals surface area contributed by atoms with Crippen LogP contribution in [0, 0.1) is 5.92 Å². The molecule has 0 bridgehead atoms. The number of benzene rings is 1. The lowest BCUT2D eigenvalue weighted by Gasteiger charge is -2.36. The summed E-state index contributed by atoms with van der Waals surface area (Å²) < 4.78 is 6.67. The van der Waals surface area contributed by atoms with Crippen molar-refractivity contribution in [2.24, 2.45) is 5.92 Å². The molecule has 3 rings (SSSR count). The predicted octanol–water partition coefficient (Wildman–Crippen LogP) is 1.32. The van der Waals surface area contributed by atoms with Gasteiger partial charge in [-0.25, -0.2) is 0 Å². The van der Waals surface area contributed by atoms with E-state index in [1.54, 1.807) is 12.1 Å². The van der Waals surface area contributed by atoms with Gasteiger partial charge in [-0.05, 0) is 24.1 Å². The van der Waals surface area contributed by atoms with Gasteiger partial charge in [0.2, 0.25) is 0 Å². The smallest absolute Gasteiger partial charge is 0.271 e. The number of morpholine rings is 1. The monoisotopic (exact) mass is 370 g/mol. The van der Waals surface area contributed by atoms with Crippen molar-refractivity contribution >= 4 is 5.91 Å². The highest BCUT2D eigenvalue weighted by Crippen LogP contribution is 2.12. The maximum Gasteiger partial charge on any atom is 0.271 e. The Hall–Kier alpha value is -2.51. The molecule has 27 heavy (non-hydrogen) atoms. The molecule has 1 N–H and O–H groups in total. The lowest BCUT2D eigenvalue weighted by atomic mass is 10.0. The molecule has 1 unspecified atom stereocenters. The molecular weight excluding hydrogens is 344 g/mol. The molecule has 0 radical (unpaired) electrons. The van der Waals surface area contributed by atoms with E-state index < -0.39 is 0 Å². The minimum absolute atomic E-state index is 0.225. The number of carbonyl (C=O) groups is 1. The molecule has 7 nitrogen and oxygen atoms in total. The summed E-state index contributed by atoms with van der Waals surface area (Å²) in [6.07, 6.45) is 0. The van der Waals surface area contributed by atoms with Gasteiger partial charge in [0, 0.05) is 31.7 Å². The second-order valence-electron chi connectivity index (χ2n) is 6.97. The fourth-order valence-electron chi connectivity index (χ4n) is 3.27. The zero-order valence-corrected chi connectivity index (χ0v) is 15.8. The molecule has 1 atom stereocenters. The average molecular weight is 370 g/mol. The normalized spacial score (nSPS) is 16.3. The zero-order chi connectivity index (χ0) is 19.2. The Balaban J connectivity index is 1.71. The lowest BCUT2D eigenvalue weighted by Crippen LogP contribution is -2.51. The van der Waals surface area contributed by atoms with Gasteiger partial charge in [0.15, 0.2) is 0 Å². The third-order valence-electron chi connectivity index (χ3n) is 4.79. The van der Waals surface area contributed by atoms with Crippen LogP contribution >= 0.6 is 0 Å². The highest BCUT2D eigenvalue weighted by atomic mass is 16.5. The fraction of sp³-hybridized carbons (Fsp3) is 0.450. The van der Waals surface area contributed by atoms with Gasteiger partial charge < -0.3 is 10.1 Å². The summed E-state index contributed by atoms with van der Waals surface area (Å²) in [6.45, 7) is 8.02. The number of aromatic nitrogens is 2. The maximum absolute atomic E-state index is 12.6. The molecule has 1 aliphatic heterocycles. The Kier molecular flexibility index (Phi) is 6.36. The van der Waals surface area contributed by atoms with Crippen LogP contribution in [0.2, 0.25) is 0 Å². The van der Waals surface area contributed by atoms with Crippen molar-refractivity contribution in [2.75, 3.05) is 32.8 Å². The van der Waals surface area contributed by atoms with E-state index >= 15 is 0 Å².